The molecule has 2 aromatic rings. The van der Waals surface area contributed by atoms with E-state index in [4.69, 9.17) is 9.84 Å². The summed E-state index contributed by atoms with van der Waals surface area (Å²) in [6, 6.07) is 2.39. The van der Waals surface area contributed by atoms with Gasteiger partial charge in [0.05, 0.1) is 24.4 Å². The molecule has 0 bridgehead atoms. The third-order valence-electron chi connectivity index (χ3n) is 6.56. The molecule has 0 radical (unpaired) electrons. The van der Waals surface area contributed by atoms with E-state index in [-0.39, 0.29) is 18.1 Å². The van der Waals surface area contributed by atoms with Gasteiger partial charge >= 0.3 is 0 Å². The number of aromatic nitrogens is 3. The summed E-state index contributed by atoms with van der Waals surface area (Å²) in [4.78, 5) is 18.3. The summed E-state index contributed by atoms with van der Waals surface area (Å²) in [7, 11) is 1.68. The maximum absolute atomic E-state index is 11.8. The molecule has 8 nitrogen and oxygen atoms in total. The highest BCUT2D eigenvalue weighted by molar-refractivity contribution is 5.74. The Morgan fingerprint density at radius 2 is 2.07 bits per heavy atom. The number of aliphatic hydroxyl groups excluding tert-OH is 1. The second-order valence-corrected chi connectivity index (χ2v) is 8.86. The molecule has 164 valence electrons. The van der Waals surface area contributed by atoms with Crippen molar-refractivity contribution in [3.05, 3.63) is 23.5 Å². The number of hydrogen-bond acceptors (Lipinski definition) is 6. The highest BCUT2D eigenvalue weighted by atomic mass is 16.5. The molecule has 1 aliphatic heterocycles. The fourth-order valence-electron chi connectivity index (χ4n) is 4.91. The third kappa shape index (κ3) is 4.30. The molecule has 2 aromatic heterocycles. The molecule has 0 aromatic carbocycles. The van der Waals surface area contributed by atoms with Crippen LogP contribution in [0, 0.1) is 0 Å². The summed E-state index contributed by atoms with van der Waals surface area (Å²) in [5, 5.41) is 18.1. The number of rotatable bonds is 6. The van der Waals surface area contributed by atoms with Gasteiger partial charge in [-0.2, -0.15) is 0 Å². The van der Waals surface area contributed by atoms with Crippen LogP contribution in [0.25, 0.3) is 5.52 Å². The minimum Gasteiger partial charge on any atom is -0.393 e. The van der Waals surface area contributed by atoms with Crippen LogP contribution in [0.3, 0.4) is 0 Å². The Labute approximate surface area is 177 Å². The van der Waals surface area contributed by atoms with Gasteiger partial charge < -0.3 is 20.1 Å². The molecule has 1 saturated heterocycles. The maximum Gasteiger partial charge on any atom is 0.241 e. The number of carbonyl (C=O) groups excluding carboxylic acids is 1. The Hall–Kier alpha value is -2.19. The molecule has 1 unspecified atom stereocenters. The van der Waals surface area contributed by atoms with Crippen molar-refractivity contribution in [1.82, 2.24) is 19.5 Å². The van der Waals surface area contributed by atoms with E-state index >= 15 is 0 Å². The number of carbonyl (C=O) groups is 1. The smallest absolute Gasteiger partial charge is 0.241 e. The van der Waals surface area contributed by atoms with E-state index in [1.54, 1.807) is 14.0 Å². The van der Waals surface area contributed by atoms with E-state index in [1.165, 1.54) is 11.3 Å². The van der Waals surface area contributed by atoms with E-state index in [0.29, 0.717) is 24.4 Å². The van der Waals surface area contributed by atoms with Crippen LogP contribution in [0.5, 0.6) is 0 Å². The molecular formula is C22H33N5O3. The van der Waals surface area contributed by atoms with Crippen molar-refractivity contribution < 1.29 is 14.6 Å². The van der Waals surface area contributed by atoms with Crippen LogP contribution >= 0.6 is 0 Å². The molecule has 2 fully saturated rings. The van der Waals surface area contributed by atoms with Gasteiger partial charge in [0.1, 0.15) is 0 Å². The van der Waals surface area contributed by atoms with E-state index in [1.807, 2.05) is 22.5 Å². The highest BCUT2D eigenvalue weighted by Gasteiger charge is 2.31. The van der Waals surface area contributed by atoms with Gasteiger partial charge in [0, 0.05) is 50.7 Å². The second kappa shape index (κ2) is 8.89. The van der Waals surface area contributed by atoms with Crippen molar-refractivity contribution in [3.8, 4) is 0 Å². The first-order valence-electron chi connectivity index (χ1n) is 11.0. The molecule has 1 amide bonds. The molecule has 1 aliphatic carbocycles. The van der Waals surface area contributed by atoms with E-state index in [2.05, 4.69) is 16.4 Å². The molecule has 1 saturated carbocycles. The molecule has 8 heteroatoms. The van der Waals surface area contributed by atoms with Gasteiger partial charge in [0.2, 0.25) is 11.9 Å². The molecule has 0 spiro atoms. The van der Waals surface area contributed by atoms with Crippen LogP contribution in [-0.4, -0.2) is 69.5 Å². The molecule has 2 aliphatic rings. The minimum atomic E-state index is -0.187. The summed E-state index contributed by atoms with van der Waals surface area (Å²) < 4.78 is 7.26. The van der Waals surface area contributed by atoms with E-state index in [0.717, 1.165) is 50.7 Å². The first-order valence-corrected chi connectivity index (χ1v) is 11.0. The topological polar surface area (TPSA) is 92.0 Å². The summed E-state index contributed by atoms with van der Waals surface area (Å²) in [6.07, 6.45) is 6.27. The number of amides is 1. The molecular weight excluding hydrogens is 382 g/mol. The van der Waals surface area contributed by atoms with Crippen LogP contribution in [0.4, 0.5) is 5.95 Å². The van der Waals surface area contributed by atoms with Gasteiger partial charge in [-0.05, 0) is 50.7 Å². The largest absolute Gasteiger partial charge is 0.393 e. The van der Waals surface area contributed by atoms with Crippen molar-refractivity contribution >= 4 is 17.4 Å². The van der Waals surface area contributed by atoms with Crippen molar-refractivity contribution in [2.45, 2.75) is 69.9 Å². The Kier molecular flexibility index (Phi) is 6.24. The number of nitrogens with one attached hydrogen (secondary N) is 1. The number of anilines is 1. The lowest BCUT2D eigenvalue weighted by atomic mass is 9.85. The third-order valence-corrected chi connectivity index (χ3v) is 6.56. The number of likely N-dealkylation sites (tertiary alicyclic amines) is 1. The summed E-state index contributed by atoms with van der Waals surface area (Å²) in [5.74, 6) is 1.40. The number of nitrogens with zero attached hydrogens (tertiary/aromatic N) is 4. The Bertz CT molecular complexity index is 890. The predicted octanol–water partition coefficient (Wildman–Crippen LogP) is 2.53. The van der Waals surface area contributed by atoms with Gasteiger partial charge in [-0.25, -0.2) is 9.50 Å². The van der Waals surface area contributed by atoms with Gasteiger partial charge in [-0.15, -0.1) is 5.10 Å². The van der Waals surface area contributed by atoms with Gasteiger partial charge in [0.15, 0.2) is 0 Å². The average molecular weight is 416 g/mol. The number of hydrogen-bond donors (Lipinski definition) is 2. The van der Waals surface area contributed by atoms with Gasteiger partial charge in [-0.1, -0.05) is 0 Å². The first-order chi connectivity index (χ1) is 14.5. The SMILES string of the molecule is COC[C@H](C)Nc1ncc2c(C3CCN(C(C)=O)C3)cc([C@H]3CC[C@H](O)CC3)n2n1. The molecule has 2 N–H and O–H groups in total. The average Bonchev–Trinajstić information content (AvgIpc) is 3.34. The van der Waals surface area contributed by atoms with Gasteiger partial charge in [-0.3, -0.25) is 4.79 Å². The maximum atomic E-state index is 11.8. The van der Waals surface area contributed by atoms with Crippen molar-refractivity contribution in [2.75, 3.05) is 32.1 Å². The van der Waals surface area contributed by atoms with Crippen LogP contribution in [-0.2, 0) is 9.53 Å². The molecule has 30 heavy (non-hydrogen) atoms. The standard InChI is InChI=1S/C22H33N5O3/c1-14(13-30-3)24-22-23-11-21-19(17-8-9-26(12-17)15(2)28)10-20(27(21)25-22)16-4-6-18(29)7-5-16/h10-11,14,16-18,29H,4-9,12-13H2,1-3H3,(H,24,25)/t14-,16-,17?,18-/m0/s1. The zero-order chi connectivity index (χ0) is 21.3. The second-order valence-electron chi connectivity index (χ2n) is 8.86. The lowest BCUT2D eigenvalue weighted by molar-refractivity contribution is -0.127. The minimum absolute atomic E-state index is 0.106. The summed E-state index contributed by atoms with van der Waals surface area (Å²) >= 11 is 0. The zero-order valence-electron chi connectivity index (χ0n) is 18.2. The normalized spacial score (nSPS) is 25.6. The van der Waals surface area contributed by atoms with E-state index < -0.39 is 0 Å². The van der Waals surface area contributed by atoms with Crippen molar-refractivity contribution in [1.29, 1.82) is 0 Å². The number of aliphatic hydroxyl groups is 1. The van der Waals surface area contributed by atoms with Crippen LogP contribution < -0.4 is 5.32 Å². The highest BCUT2D eigenvalue weighted by Crippen LogP contribution is 2.38. The van der Waals surface area contributed by atoms with E-state index in [9.17, 15) is 9.90 Å². The van der Waals surface area contributed by atoms with Crippen molar-refractivity contribution in [2.24, 2.45) is 0 Å². The number of methoxy groups -OCH3 is 1. The Balaban J connectivity index is 1.69. The first kappa shape index (κ1) is 21.1. The fraction of sp³-hybridized carbons (Fsp3) is 0.682. The monoisotopic (exact) mass is 415 g/mol. The number of fused-ring (bicyclic) bond motifs is 1. The quantitative estimate of drug-likeness (QED) is 0.753. The molecule has 4 rings (SSSR count). The predicted molar refractivity (Wildman–Crippen MR) is 115 cm³/mol. The fourth-order valence-corrected chi connectivity index (χ4v) is 4.91. The van der Waals surface area contributed by atoms with Crippen molar-refractivity contribution in [3.63, 3.8) is 0 Å². The lowest BCUT2D eigenvalue weighted by Crippen LogP contribution is -2.25. The Morgan fingerprint density at radius 1 is 1.30 bits per heavy atom. The number of ether oxygens (including phenoxy) is 1. The van der Waals surface area contributed by atoms with Crippen LogP contribution in [0.15, 0.2) is 12.3 Å². The van der Waals surface area contributed by atoms with Crippen LogP contribution in [0.2, 0.25) is 0 Å². The summed E-state index contributed by atoms with van der Waals surface area (Å²) in [6.45, 7) is 5.81. The molecule has 2 atom stereocenters. The van der Waals surface area contributed by atoms with Gasteiger partial charge in [0.25, 0.3) is 0 Å². The Morgan fingerprint density at radius 3 is 2.73 bits per heavy atom. The lowest BCUT2D eigenvalue weighted by Gasteiger charge is -2.25. The molecule has 3 heterocycles. The zero-order valence-corrected chi connectivity index (χ0v) is 18.2. The summed E-state index contributed by atoms with van der Waals surface area (Å²) in [5.41, 5.74) is 3.45. The van der Waals surface area contributed by atoms with Crippen LogP contribution in [0.1, 0.15) is 69.0 Å².